The SMILES string of the molecule is CC(NC(=O)c1ccc(CN2CCCC2=O)cc1)c1cccc2ccccc12. The zero-order chi connectivity index (χ0) is 19.5. The van der Waals surface area contributed by atoms with Gasteiger partial charge in [-0.2, -0.15) is 0 Å². The van der Waals surface area contributed by atoms with Crippen molar-refractivity contribution < 1.29 is 9.59 Å². The lowest BCUT2D eigenvalue weighted by atomic mass is 9.99. The van der Waals surface area contributed by atoms with E-state index in [1.807, 2.05) is 54.3 Å². The van der Waals surface area contributed by atoms with Gasteiger partial charge in [-0.25, -0.2) is 0 Å². The summed E-state index contributed by atoms with van der Waals surface area (Å²) in [6, 6.07) is 21.8. The summed E-state index contributed by atoms with van der Waals surface area (Å²) in [5.74, 6) is 0.120. The third kappa shape index (κ3) is 3.77. The molecule has 1 heterocycles. The summed E-state index contributed by atoms with van der Waals surface area (Å²) in [7, 11) is 0. The van der Waals surface area contributed by atoms with Crippen LogP contribution in [0.5, 0.6) is 0 Å². The predicted molar refractivity (Wildman–Crippen MR) is 111 cm³/mol. The molecule has 3 aromatic rings. The third-order valence-corrected chi connectivity index (χ3v) is 5.40. The summed E-state index contributed by atoms with van der Waals surface area (Å²) < 4.78 is 0. The molecule has 4 nitrogen and oxygen atoms in total. The van der Waals surface area contributed by atoms with E-state index >= 15 is 0 Å². The lowest BCUT2D eigenvalue weighted by Crippen LogP contribution is -2.27. The van der Waals surface area contributed by atoms with Crippen molar-refractivity contribution in [3.05, 3.63) is 83.4 Å². The molecule has 142 valence electrons. The second-order valence-electron chi connectivity index (χ2n) is 7.38. The van der Waals surface area contributed by atoms with Crippen LogP contribution in [0.15, 0.2) is 66.7 Å². The van der Waals surface area contributed by atoms with Gasteiger partial charge in [0.05, 0.1) is 6.04 Å². The van der Waals surface area contributed by atoms with Gasteiger partial charge in [0.15, 0.2) is 0 Å². The number of benzene rings is 3. The summed E-state index contributed by atoms with van der Waals surface area (Å²) >= 11 is 0. The fourth-order valence-electron chi connectivity index (χ4n) is 3.84. The number of nitrogens with one attached hydrogen (secondary N) is 1. The summed E-state index contributed by atoms with van der Waals surface area (Å²) in [6.45, 7) is 3.45. The molecule has 2 amide bonds. The highest BCUT2D eigenvalue weighted by molar-refractivity contribution is 5.95. The van der Waals surface area contributed by atoms with Crippen molar-refractivity contribution in [1.82, 2.24) is 10.2 Å². The number of likely N-dealkylation sites (tertiary alicyclic amines) is 1. The summed E-state index contributed by atoms with van der Waals surface area (Å²) in [5, 5.41) is 5.43. The van der Waals surface area contributed by atoms with Gasteiger partial charge in [-0.05, 0) is 47.4 Å². The van der Waals surface area contributed by atoms with Crippen LogP contribution in [0.3, 0.4) is 0 Å². The maximum Gasteiger partial charge on any atom is 0.251 e. The quantitative estimate of drug-likeness (QED) is 0.719. The molecule has 4 rings (SSSR count). The summed E-state index contributed by atoms with van der Waals surface area (Å²) in [4.78, 5) is 26.3. The van der Waals surface area contributed by atoms with Gasteiger partial charge in [0.2, 0.25) is 5.91 Å². The molecule has 3 aromatic carbocycles. The average Bonchev–Trinajstić information content (AvgIpc) is 3.12. The van der Waals surface area contributed by atoms with Crippen LogP contribution in [-0.4, -0.2) is 23.3 Å². The minimum Gasteiger partial charge on any atom is -0.345 e. The molecule has 0 saturated carbocycles. The van der Waals surface area contributed by atoms with E-state index in [1.165, 1.54) is 5.39 Å². The van der Waals surface area contributed by atoms with Crippen LogP contribution in [0.4, 0.5) is 0 Å². The van der Waals surface area contributed by atoms with Crippen LogP contribution in [-0.2, 0) is 11.3 Å². The molecule has 1 saturated heterocycles. The lowest BCUT2D eigenvalue weighted by molar-refractivity contribution is -0.128. The molecule has 1 N–H and O–H groups in total. The third-order valence-electron chi connectivity index (χ3n) is 5.40. The molecule has 1 aliphatic rings. The Morgan fingerprint density at radius 2 is 1.79 bits per heavy atom. The van der Waals surface area contributed by atoms with Gasteiger partial charge < -0.3 is 10.2 Å². The smallest absolute Gasteiger partial charge is 0.251 e. The molecular weight excluding hydrogens is 348 g/mol. The molecule has 0 spiro atoms. The minimum absolute atomic E-state index is 0.0933. The normalized spacial score (nSPS) is 15.0. The Kier molecular flexibility index (Phi) is 5.11. The molecule has 28 heavy (non-hydrogen) atoms. The van der Waals surface area contributed by atoms with Crippen molar-refractivity contribution >= 4 is 22.6 Å². The second-order valence-corrected chi connectivity index (χ2v) is 7.38. The molecule has 1 atom stereocenters. The van der Waals surface area contributed by atoms with Gasteiger partial charge in [-0.15, -0.1) is 0 Å². The van der Waals surface area contributed by atoms with Crippen molar-refractivity contribution in [2.24, 2.45) is 0 Å². The van der Waals surface area contributed by atoms with E-state index in [4.69, 9.17) is 0 Å². The van der Waals surface area contributed by atoms with Gasteiger partial charge >= 0.3 is 0 Å². The maximum absolute atomic E-state index is 12.7. The van der Waals surface area contributed by atoms with Gasteiger partial charge in [0, 0.05) is 25.1 Å². The molecule has 0 aliphatic carbocycles. The number of hydrogen-bond donors (Lipinski definition) is 1. The monoisotopic (exact) mass is 372 g/mol. The van der Waals surface area contributed by atoms with Crippen LogP contribution in [0.25, 0.3) is 10.8 Å². The van der Waals surface area contributed by atoms with Gasteiger partial charge in [-0.1, -0.05) is 54.6 Å². The number of rotatable bonds is 5. The van der Waals surface area contributed by atoms with Crippen molar-refractivity contribution in [2.45, 2.75) is 32.4 Å². The van der Waals surface area contributed by atoms with Gasteiger partial charge in [0.25, 0.3) is 5.91 Å². The van der Waals surface area contributed by atoms with E-state index in [0.717, 1.165) is 29.5 Å². The van der Waals surface area contributed by atoms with Crippen molar-refractivity contribution in [1.29, 1.82) is 0 Å². The van der Waals surface area contributed by atoms with E-state index in [-0.39, 0.29) is 17.9 Å². The molecule has 1 aliphatic heterocycles. The Labute approximate surface area is 165 Å². The van der Waals surface area contributed by atoms with E-state index in [1.54, 1.807) is 0 Å². The van der Waals surface area contributed by atoms with Crippen LogP contribution in [0.2, 0.25) is 0 Å². The zero-order valence-corrected chi connectivity index (χ0v) is 16.0. The van der Waals surface area contributed by atoms with Crippen molar-refractivity contribution in [3.63, 3.8) is 0 Å². The summed E-state index contributed by atoms with van der Waals surface area (Å²) in [6.07, 6.45) is 1.58. The van der Waals surface area contributed by atoms with Crippen LogP contribution in [0, 0.1) is 0 Å². The molecule has 0 bridgehead atoms. The van der Waals surface area contributed by atoms with E-state index in [0.29, 0.717) is 18.5 Å². The number of nitrogens with zero attached hydrogens (tertiary/aromatic N) is 1. The molecule has 1 unspecified atom stereocenters. The van der Waals surface area contributed by atoms with E-state index < -0.39 is 0 Å². The van der Waals surface area contributed by atoms with Crippen LogP contribution < -0.4 is 5.32 Å². The number of hydrogen-bond acceptors (Lipinski definition) is 2. The first-order valence-electron chi connectivity index (χ1n) is 9.77. The van der Waals surface area contributed by atoms with Gasteiger partial charge in [0.1, 0.15) is 0 Å². The molecule has 1 fully saturated rings. The molecule has 0 radical (unpaired) electrons. The molecular formula is C24H24N2O2. The van der Waals surface area contributed by atoms with Crippen molar-refractivity contribution in [3.8, 4) is 0 Å². The Morgan fingerprint density at radius 3 is 2.54 bits per heavy atom. The first-order valence-corrected chi connectivity index (χ1v) is 9.77. The number of carbonyl (C=O) groups excluding carboxylic acids is 2. The Hall–Kier alpha value is -3.14. The Bertz CT molecular complexity index is 1010. The van der Waals surface area contributed by atoms with Crippen LogP contribution >= 0.6 is 0 Å². The standard InChI is InChI=1S/C24H24N2O2/c1-17(21-9-4-7-19-6-2-3-8-22(19)21)25-24(28)20-13-11-18(12-14-20)16-26-15-5-10-23(26)27/h2-4,6-9,11-14,17H,5,10,15-16H2,1H3,(H,25,28). The van der Waals surface area contributed by atoms with Gasteiger partial charge in [-0.3, -0.25) is 9.59 Å². The molecule has 0 aromatic heterocycles. The number of fused-ring (bicyclic) bond motifs is 1. The molecule has 4 heteroatoms. The highest BCUT2D eigenvalue weighted by Gasteiger charge is 2.20. The fourth-order valence-corrected chi connectivity index (χ4v) is 3.84. The minimum atomic E-state index is -0.0968. The largest absolute Gasteiger partial charge is 0.345 e. The van der Waals surface area contributed by atoms with E-state index in [9.17, 15) is 9.59 Å². The number of amides is 2. The first-order chi connectivity index (χ1) is 13.6. The highest BCUT2D eigenvalue weighted by atomic mass is 16.2. The fraction of sp³-hybridized carbons (Fsp3) is 0.250. The second kappa shape index (κ2) is 7.85. The lowest BCUT2D eigenvalue weighted by Gasteiger charge is -2.17. The van der Waals surface area contributed by atoms with E-state index in [2.05, 4.69) is 29.6 Å². The predicted octanol–water partition coefficient (Wildman–Crippen LogP) is 4.45. The topological polar surface area (TPSA) is 49.4 Å². The Morgan fingerprint density at radius 1 is 1.04 bits per heavy atom. The van der Waals surface area contributed by atoms with Crippen molar-refractivity contribution in [2.75, 3.05) is 6.54 Å². The maximum atomic E-state index is 12.7. The summed E-state index contributed by atoms with van der Waals surface area (Å²) in [5.41, 5.74) is 2.79. The van der Waals surface area contributed by atoms with Crippen LogP contribution in [0.1, 0.15) is 47.3 Å². The Balaban J connectivity index is 1.45. The average molecular weight is 372 g/mol. The zero-order valence-electron chi connectivity index (χ0n) is 16.0. The first kappa shape index (κ1) is 18.2. The highest BCUT2D eigenvalue weighted by Crippen LogP contribution is 2.24. The number of carbonyl (C=O) groups is 2.